The van der Waals surface area contributed by atoms with Crippen LogP contribution in [0.1, 0.15) is 71.6 Å². The van der Waals surface area contributed by atoms with Gasteiger partial charge in [-0.3, -0.25) is 0 Å². The highest BCUT2D eigenvalue weighted by molar-refractivity contribution is 5.51. The van der Waals surface area contributed by atoms with Gasteiger partial charge in [-0.05, 0) is 94.9 Å². The Hall–Kier alpha value is -3.20. The first kappa shape index (κ1) is 29.3. The lowest BCUT2D eigenvalue weighted by atomic mass is 9.66. The van der Waals surface area contributed by atoms with Gasteiger partial charge < -0.3 is 10.2 Å². The maximum absolute atomic E-state index is 3.77. The topological polar surface area (TPSA) is 15.3 Å². The van der Waals surface area contributed by atoms with Gasteiger partial charge in [0.25, 0.3) is 0 Å². The first-order chi connectivity index (χ1) is 19.9. The van der Waals surface area contributed by atoms with Crippen LogP contribution in [0.4, 0.5) is 0 Å². The van der Waals surface area contributed by atoms with Gasteiger partial charge in [0.05, 0.1) is 0 Å². The maximum Gasteiger partial charge on any atom is 0.0463 e. The van der Waals surface area contributed by atoms with E-state index in [-0.39, 0.29) is 10.8 Å². The molecule has 1 fully saturated rings. The summed E-state index contributed by atoms with van der Waals surface area (Å²) in [6.07, 6.45) is 4.62. The molecule has 1 N–H and O–H groups in total. The fourth-order valence-corrected chi connectivity index (χ4v) is 6.84. The minimum absolute atomic E-state index is 0.203. The van der Waals surface area contributed by atoms with Crippen LogP contribution in [-0.4, -0.2) is 37.6 Å². The molecule has 0 amide bonds. The Labute approximate surface area is 248 Å². The highest BCUT2D eigenvalue weighted by atomic mass is 15.1. The minimum Gasteiger partial charge on any atom is -0.316 e. The lowest BCUT2D eigenvalue weighted by Gasteiger charge is -2.44. The Balaban J connectivity index is 1.45. The van der Waals surface area contributed by atoms with Gasteiger partial charge in [-0.2, -0.15) is 0 Å². The molecule has 2 nitrogen and oxygen atoms in total. The second kappa shape index (κ2) is 13.2. The molecule has 4 aromatic rings. The van der Waals surface area contributed by atoms with Crippen molar-refractivity contribution in [1.82, 2.24) is 10.2 Å². The van der Waals surface area contributed by atoms with E-state index in [1.807, 2.05) is 0 Å². The second-order valence-corrected chi connectivity index (χ2v) is 12.4. The third-order valence-electron chi connectivity index (χ3n) is 9.53. The zero-order chi connectivity index (χ0) is 28.7. The molecular weight excluding hydrogens is 496 g/mol. The summed E-state index contributed by atoms with van der Waals surface area (Å²) in [6.45, 7) is 14.3. The predicted octanol–water partition coefficient (Wildman–Crippen LogP) is 8.37. The summed E-state index contributed by atoms with van der Waals surface area (Å²) < 4.78 is 0. The van der Waals surface area contributed by atoms with E-state index >= 15 is 0 Å². The zero-order valence-electron chi connectivity index (χ0n) is 25.6. The zero-order valence-corrected chi connectivity index (χ0v) is 25.6. The highest BCUT2D eigenvalue weighted by Gasteiger charge is 2.39. The van der Waals surface area contributed by atoms with Gasteiger partial charge in [-0.25, -0.2) is 0 Å². The SMILES string of the molecule is CCCNCC1(c2ccccc2)CCN(CCC(c2ccc(C)cc2)(c2ccc(C)cc2)c2ccc(C)cc2)CC1. The van der Waals surface area contributed by atoms with Crippen LogP contribution in [0, 0.1) is 20.8 Å². The van der Waals surface area contributed by atoms with Crippen LogP contribution in [-0.2, 0) is 10.8 Å². The molecule has 1 aliphatic heterocycles. The van der Waals surface area contributed by atoms with Gasteiger partial charge in [0, 0.05) is 17.4 Å². The molecule has 1 aliphatic rings. The summed E-state index contributed by atoms with van der Waals surface area (Å²) in [5.41, 5.74) is 9.58. The summed E-state index contributed by atoms with van der Waals surface area (Å²) in [4.78, 5) is 2.73. The molecule has 0 radical (unpaired) electrons. The Morgan fingerprint density at radius 2 is 1.12 bits per heavy atom. The average Bonchev–Trinajstić information content (AvgIpc) is 3.01. The Morgan fingerprint density at radius 3 is 1.56 bits per heavy atom. The summed E-state index contributed by atoms with van der Waals surface area (Å²) >= 11 is 0. The number of benzene rings is 4. The van der Waals surface area contributed by atoms with Crippen LogP contribution in [0.25, 0.3) is 0 Å². The monoisotopic (exact) mass is 544 g/mol. The van der Waals surface area contributed by atoms with Crippen molar-refractivity contribution in [3.05, 3.63) is 142 Å². The number of aryl methyl sites for hydroxylation is 3. The van der Waals surface area contributed by atoms with E-state index < -0.39 is 0 Å². The van der Waals surface area contributed by atoms with E-state index in [1.54, 1.807) is 0 Å². The fourth-order valence-electron chi connectivity index (χ4n) is 6.84. The van der Waals surface area contributed by atoms with E-state index in [9.17, 15) is 0 Å². The smallest absolute Gasteiger partial charge is 0.0463 e. The number of nitrogens with zero attached hydrogens (tertiary/aromatic N) is 1. The van der Waals surface area contributed by atoms with Crippen molar-refractivity contribution >= 4 is 0 Å². The average molecular weight is 545 g/mol. The van der Waals surface area contributed by atoms with E-state index in [2.05, 4.69) is 141 Å². The molecule has 4 aromatic carbocycles. The molecule has 214 valence electrons. The number of rotatable bonds is 11. The summed E-state index contributed by atoms with van der Waals surface area (Å²) in [5, 5.41) is 3.77. The lowest BCUT2D eigenvalue weighted by molar-refractivity contribution is 0.150. The molecule has 0 aliphatic carbocycles. The lowest BCUT2D eigenvalue weighted by Crippen LogP contribution is -2.49. The molecule has 0 spiro atoms. The normalized spacial score (nSPS) is 15.6. The highest BCUT2D eigenvalue weighted by Crippen LogP contribution is 2.43. The van der Waals surface area contributed by atoms with Crippen LogP contribution < -0.4 is 5.32 Å². The van der Waals surface area contributed by atoms with Gasteiger partial charge in [0.2, 0.25) is 0 Å². The van der Waals surface area contributed by atoms with Crippen LogP contribution in [0.15, 0.2) is 103 Å². The Bertz CT molecular complexity index is 1240. The van der Waals surface area contributed by atoms with Gasteiger partial charge in [0.1, 0.15) is 0 Å². The van der Waals surface area contributed by atoms with Crippen molar-refractivity contribution < 1.29 is 0 Å². The molecule has 0 aromatic heterocycles. The predicted molar refractivity (Wildman–Crippen MR) is 175 cm³/mol. The standard InChI is InChI=1S/C39H48N2/c1-5-26-40-30-38(34-9-7-6-8-10-34)23-27-41(28-24-38)29-25-39(35-17-11-31(2)12-18-35,36-19-13-32(3)14-20-36)37-21-15-33(4)16-22-37/h6-22,40H,5,23-30H2,1-4H3. The molecular formula is C39H48N2. The largest absolute Gasteiger partial charge is 0.316 e. The summed E-state index contributed by atoms with van der Waals surface area (Å²) in [5.74, 6) is 0. The number of hydrogen-bond donors (Lipinski definition) is 1. The first-order valence-corrected chi connectivity index (χ1v) is 15.7. The number of nitrogens with one attached hydrogen (secondary N) is 1. The first-order valence-electron chi connectivity index (χ1n) is 15.7. The van der Waals surface area contributed by atoms with Crippen LogP contribution in [0.5, 0.6) is 0 Å². The molecule has 0 atom stereocenters. The second-order valence-electron chi connectivity index (χ2n) is 12.4. The third-order valence-corrected chi connectivity index (χ3v) is 9.53. The third kappa shape index (κ3) is 6.50. The molecule has 0 unspecified atom stereocenters. The summed E-state index contributed by atoms with van der Waals surface area (Å²) in [7, 11) is 0. The molecule has 0 saturated carbocycles. The number of piperidine rings is 1. The fraction of sp³-hybridized carbons (Fsp3) is 0.385. The van der Waals surface area contributed by atoms with Crippen molar-refractivity contribution in [1.29, 1.82) is 0 Å². The van der Waals surface area contributed by atoms with E-state index in [0.29, 0.717) is 0 Å². The maximum atomic E-state index is 3.77. The summed E-state index contributed by atoms with van der Waals surface area (Å²) in [6, 6.07) is 39.2. The molecule has 41 heavy (non-hydrogen) atoms. The van der Waals surface area contributed by atoms with Crippen molar-refractivity contribution in [2.75, 3.05) is 32.7 Å². The van der Waals surface area contributed by atoms with Gasteiger partial charge in [-0.15, -0.1) is 0 Å². The number of hydrogen-bond acceptors (Lipinski definition) is 2. The minimum atomic E-state index is -0.203. The van der Waals surface area contributed by atoms with Crippen LogP contribution >= 0.6 is 0 Å². The van der Waals surface area contributed by atoms with E-state index in [0.717, 1.165) is 39.1 Å². The van der Waals surface area contributed by atoms with Crippen molar-refractivity contribution in [3.8, 4) is 0 Å². The number of likely N-dealkylation sites (tertiary alicyclic amines) is 1. The van der Waals surface area contributed by atoms with Gasteiger partial charge in [0.15, 0.2) is 0 Å². The molecule has 2 heteroatoms. The van der Waals surface area contributed by atoms with Crippen molar-refractivity contribution in [3.63, 3.8) is 0 Å². The van der Waals surface area contributed by atoms with Crippen molar-refractivity contribution in [2.45, 2.75) is 64.2 Å². The quantitative estimate of drug-likeness (QED) is 0.151. The van der Waals surface area contributed by atoms with E-state index in [1.165, 1.54) is 58.2 Å². The molecule has 5 rings (SSSR count). The molecule has 1 heterocycles. The molecule has 0 bridgehead atoms. The van der Waals surface area contributed by atoms with Crippen LogP contribution in [0.2, 0.25) is 0 Å². The Kier molecular flexibility index (Phi) is 9.42. The van der Waals surface area contributed by atoms with Gasteiger partial charge in [-0.1, -0.05) is 127 Å². The van der Waals surface area contributed by atoms with E-state index in [4.69, 9.17) is 0 Å². The van der Waals surface area contributed by atoms with Crippen LogP contribution in [0.3, 0.4) is 0 Å². The Morgan fingerprint density at radius 1 is 0.659 bits per heavy atom. The van der Waals surface area contributed by atoms with Crippen molar-refractivity contribution in [2.24, 2.45) is 0 Å². The molecule has 1 saturated heterocycles. The van der Waals surface area contributed by atoms with Gasteiger partial charge >= 0.3 is 0 Å².